The van der Waals surface area contributed by atoms with Gasteiger partial charge in [0.25, 0.3) is 0 Å². The molecule has 2 nitrogen and oxygen atoms in total. The first kappa shape index (κ1) is 16.8. The smallest absolute Gasteiger partial charge is 0.0622 e. The van der Waals surface area contributed by atoms with Crippen LogP contribution in [0, 0.1) is 5.92 Å². The van der Waals surface area contributed by atoms with Crippen LogP contribution in [0.5, 0.6) is 0 Å². The Morgan fingerprint density at radius 3 is 2.76 bits per heavy atom. The maximum absolute atomic E-state index is 6.10. The van der Waals surface area contributed by atoms with Gasteiger partial charge in [0.1, 0.15) is 0 Å². The van der Waals surface area contributed by atoms with Crippen molar-refractivity contribution in [2.75, 3.05) is 13.7 Å². The average Bonchev–Trinajstić information content (AvgIpc) is 3.26. The minimum Gasteiger partial charge on any atom is -0.379 e. The van der Waals surface area contributed by atoms with E-state index in [1.165, 1.54) is 24.8 Å². The molecule has 1 aliphatic carbocycles. The zero-order valence-corrected chi connectivity index (χ0v) is 14.2. The van der Waals surface area contributed by atoms with E-state index in [9.17, 15) is 0 Å². The van der Waals surface area contributed by atoms with Crippen molar-refractivity contribution in [3.63, 3.8) is 0 Å². The van der Waals surface area contributed by atoms with Crippen molar-refractivity contribution in [2.24, 2.45) is 5.92 Å². The molecule has 0 aliphatic heterocycles. The molecule has 1 atom stereocenters. The van der Waals surface area contributed by atoms with E-state index in [-0.39, 0.29) is 5.60 Å². The zero-order valence-electron chi connectivity index (χ0n) is 13.5. The number of halogens is 1. The van der Waals surface area contributed by atoms with Crippen molar-refractivity contribution >= 4 is 11.6 Å². The van der Waals surface area contributed by atoms with Crippen LogP contribution in [-0.4, -0.2) is 25.3 Å². The molecule has 0 heterocycles. The van der Waals surface area contributed by atoms with Gasteiger partial charge in [-0.05, 0) is 76.1 Å². The summed E-state index contributed by atoms with van der Waals surface area (Å²) in [6, 6.07) is 9.02. The fourth-order valence-electron chi connectivity index (χ4n) is 2.55. The molecular weight excluding hydrogens is 282 g/mol. The summed E-state index contributed by atoms with van der Waals surface area (Å²) in [5.74, 6) is 0.637. The van der Waals surface area contributed by atoms with Crippen LogP contribution in [-0.2, 0) is 11.2 Å². The fraction of sp³-hybridized carbons (Fsp3) is 0.667. The molecule has 1 unspecified atom stereocenters. The van der Waals surface area contributed by atoms with Gasteiger partial charge in [0.2, 0.25) is 0 Å². The number of ether oxygens (including phenoxy) is 1. The Morgan fingerprint density at radius 1 is 1.38 bits per heavy atom. The molecule has 0 spiro atoms. The minimum absolute atomic E-state index is 0.0356. The van der Waals surface area contributed by atoms with Crippen LogP contribution in [0.25, 0.3) is 0 Å². The largest absolute Gasteiger partial charge is 0.379 e. The molecule has 1 aromatic rings. The highest BCUT2D eigenvalue weighted by Gasteiger charge is 2.24. The Morgan fingerprint density at radius 2 is 2.14 bits per heavy atom. The molecule has 1 aromatic carbocycles. The molecular formula is C18H28ClNO. The summed E-state index contributed by atoms with van der Waals surface area (Å²) < 4.78 is 5.55. The summed E-state index contributed by atoms with van der Waals surface area (Å²) in [7, 11) is 1.80. The van der Waals surface area contributed by atoms with Crippen LogP contribution in [0.1, 0.15) is 45.1 Å². The molecule has 1 aliphatic rings. The van der Waals surface area contributed by atoms with E-state index >= 15 is 0 Å². The summed E-state index contributed by atoms with van der Waals surface area (Å²) in [6.07, 6.45) is 6.02. The number of hydrogen-bond acceptors (Lipinski definition) is 2. The molecule has 118 valence electrons. The summed E-state index contributed by atoms with van der Waals surface area (Å²) >= 11 is 6.10. The third-order valence-corrected chi connectivity index (χ3v) is 4.63. The van der Waals surface area contributed by atoms with Gasteiger partial charge in [-0.1, -0.05) is 23.7 Å². The molecule has 2 rings (SSSR count). The van der Waals surface area contributed by atoms with Gasteiger partial charge in [-0.15, -0.1) is 0 Å². The molecule has 0 radical (unpaired) electrons. The van der Waals surface area contributed by atoms with Gasteiger partial charge in [0, 0.05) is 18.2 Å². The lowest BCUT2D eigenvalue weighted by Crippen LogP contribution is -2.29. The van der Waals surface area contributed by atoms with Crippen molar-refractivity contribution in [3.8, 4) is 0 Å². The van der Waals surface area contributed by atoms with Gasteiger partial charge in [0.15, 0.2) is 0 Å². The van der Waals surface area contributed by atoms with Crippen molar-refractivity contribution < 1.29 is 4.74 Å². The molecule has 0 saturated heterocycles. The third-order valence-electron chi connectivity index (χ3n) is 4.39. The van der Waals surface area contributed by atoms with Crippen LogP contribution >= 0.6 is 11.6 Å². The number of benzene rings is 1. The molecule has 3 heteroatoms. The van der Waals surface area contributed by atoms with Crippen molar-refractivity contribution in [1.82, 2.24) is 5.32 Å². The summed E-state index contributed by atoms with van der Waals surface area (Å²) in [5, 5.41) is 4.50. The molecule has 0 aromatic heterocycles. The second-order valence-corrected chi connectivity index (χ2v) is 7.32. The van der Waals surface area contributed by atoms with E-state index in [2.05, 4.69) is 31.3 Å². The standard InChI is InChI=1S/C18H28ClNO/c1-18(2,21-3)10-9-15(13-20-17-7-8-17)11-14-5-4-6-16(19)12-14/h4-6,12,15,17,20H,7-11,13H2,1-3H3. The quantitative estimate of drug-likeness (QED) is 0.727. The van der Waals surface area contributed by atoms with Crippen molar-refractivity contribution in [3.05, 3.63) is 34.9 Å². The van der Waals surface area contributed by atoms with Crippen LogP contribution in [0.15, 0.2) is 24.3 Å². The number of hydrogen-bond donors (Lipinski definition) is 1. The van der Waals surface area contributed by atoms with E-state index in [4.69, 9.17) is 16.3 Å². The first-order chi connectivity index (χ1) is 9.98. The number of methoxy groups -OCH3 is 1. The highest BCUT2D eigenvalue weighted by molar-refractivity contribution is 6.30. The molecule has 1 saturated carbocycles. The second-order valence-electron chi connectivity index (χ2n) is 6.89. The SMILES string of the molecule is COC(C)(C)CCC(CNC1CC1)Cc1cccc(Cl)c1. The average molecular weight is 310 g/mol. The van der Waals surface area contributed by atoms with Gasteiger partial charge in [0.05, 0.1) is 5.60 Å². The number of nitrogens with one attached hydrogen (secondary N) is 1. The third kappa shape index (κ3) is 6.37. The lowest BCUT2D eigenvalue weighted by Gasteiger charge is -2.26. The monoisotopic (exact) mass is 309 g/mol. The molecule has 1 N–H and O–H groups in total. The Labute approximate surface area is 134 Å². The Balaban J connectivity index is 1.90. The minimum atomic E-state index is -0.0356. The van der Waals surface area contributed by atoms with Crippen LogP contribution in [0.4, 0.5) is 0 Å². The van der Waals surface area contributed by atoms with Crippen LogP contribution < -0.4 is 5.32 Å². The van der Waals surface area contributed by atoms with Crippen LogP contribution in [0.2, 0.25) is 5.02 Å². The van der Waals surface area contributed by atoms with Crippen molar-refractivity contribution in [2.45, 2.75) is 57.6 Å². The first-order valence-electron chi connectivity index (χ1n) is 8.01. The highest BCUT2D eigenvalue weighted by Crippen LogP contribution is 2.24. The van der Waals surface area contributed by atoms with Crippen molar-refractivity contribution in [1.29, 1.82) is 0 Å². The lowest BCUT2D eigenvalue weighted by molar-refractivity contribution is 0.0103. The summed E-state index contributed by atoms with van der Waals surface area (Å²) in [6.45, 7) is 5.42. The predicted octanol–water partition coefficient (Wildman–Crippen LogP) is 4.46. The Kier molecular flexibility index (Phi) is 6.09. The molecule has 0 bridgehead atoms. The van der Waals surface area contributed by atoms with Gasteiger partial charge in [-0.3, -0.25) is 0 Å². The highest BCUT2D eigenvalue weighted by atomic mass is 35.5. The maximum atomic E-state index is 6.10. The predicted molar refractivity (Wildman–Crippen MR) is 90.0 cm³/mol. The Hall–Kier alpha value is -0.570. The molecule has 1 fully saturated rings. The number of rotatable bonds is 9. The van der Waals surface area contributed by atoms with E-state index in [1.54, 1.807) is 7.11 Å². The topological polar surface area (TPSA) is 21.3 Å². The van der Waals surface area contributed by atoms with E-state index in [0.29, 0.717) is 5.92 Å². The van der Waals surface area contributed by atoms with Gasteiger partial charge in [-0.25, -0.2) is 0 Å². The van der Waals surface area contributed by atoms with Crippen LogP contribution in [0.3, 0.4) is 0 Å². The molecule has 21 heavy (non-hydrogen) atoms. The van der Waals surface area contributed by atoms with Gasteiger partial charge >= 0.3 is 0 Å². The second kappa shape index (κ2) is 7.62. The Bertz CT molecular complexity index is 443. The van der Waals surface area contributed by atoms with E-state index < -0.39 is 0 Å². The van der Waals surface area contributed by atoms with E-state index in [0.717, 1.165) is 30.5 Å². The fourth-order valence-corrected chi connectivity index (χ4v) is 2.76. The lowest BCUT2D eigenvalue weighted by atomic mass is 9.90. The summed E-state index contributed by atoms with van der Waals surface area (Å²) in [4.78, 5) is 0. The van der Waals surface area contributed by atoms with Gasteiger partial charge < -0.3 is 10.1 Å². The van der Waals surface area contributed by atoms with E-state index in [1.807, 2.05) is 12.1 Å². The summed E-state index contributed by atoms with van der Waals surface area (Å²) in [5.41, 5.74) is 1.30. The molecule has 0 amide bonds. The zero-order chi connectivity index (χ0) is 15.3. The van der Waals surface area contributed by atoms with Gasteiger partial charge in [-0.2, -0.15) is 0 Å². The normalized spacial score (nSPS) is 17.0. The first-order valence-corrected chi connectivity index (χ1v) is 8.39. The maximum Gasteiger partial charge on any atom is 0.0622 e.